The third-order valence-corrected chi connectivity index (χ3v) is 3.51. The Bertz CT molecular complexity index is 855. The molecule has 0 saturated carbocycles. The number of hydrogen-bond acceptors (Lipinski definition) is 4. The van der Waals surface area contributed by atoms with E-state index < -0.39 is 0 Å². The minimum absolute atomic E-state index is 0.727. The molecule has 6 nitrogen and oxygen atoms in total. The summed E-state index contributed by atoms with van der Waals surface area (Å²) in [6.07, 6.45) is 3.49. The van der Waals surface area contributed by atoms with Crippen LogP contribution in [0.1, 0.15) is 0 Å². The van der Waals surface area contributed by atoms with Crippen molar-refractivity contribution in [1.29, 1.82) is 0 Å². The van der Waals surface area contributed by atoms with Gasteiger partial charge in [-0.1, -0.05) is 0 Å². The zero-order valence-electron chi connectivity index (χ0n) is 11.1. The fourth-order valence-electron chi connectivity index (χ4n) is 2.45. The van der Waals surface area contributed by atoms with E-state index in [1.54, 1.807) is 12.4 Å². The molecule has 0 saturated heterocycles. The number of fused-ring (bicyclic) bond motifs is 2. The van der Waals surface area contributed by atoms with Crippen LogP contribution >= 0.6 is 0 Å². The van der Waals surface area contributed by atoms with Gasteiger partial charge < -0.3 is 9.13 Å². The van der Waals surface area contributed by atoms with E-state index in [9.17, 15) is 0 Å². The van der Waals surface area contributed by atoms with E-state index in [1.165, 1.54) is 0 Å². The highest BCUT2D eigenvalue weighted by Gasteiger charge is 2.17. The van der Waals surface area contributed by atoms with Crippen molar-refractivity contribution in [2.24, 2.45) is 14.1 Å². The van der Waals surface area contributed by atoms with Gasteiger partial charge in [-0.15, -0.1) is 0 Å². The normalized spacial score (nSPS) is 11.5. The van der Waals surface area contributed by atoms with E-state index in [4.69, 9.17) is 0 Å². The first-order valence-electron chi connectivity index (χ1n) is 6.31. The monoisotopic (exact) mass is 264 g/mol. The Balaban J connectivity index is 2.06. The molecule has 0 spiro atoms. The Morgan fingerprint density at radius 1 is 0.750 bits per heavy atom. The highest BCUT2D eigenvalue weighted by molar-refractivity contribution is 5.79. The van der Waals surface area contributed by atoms with E-state index in [1.807, 2.05) is 47.5 Å². The number of pyridine rings is 2. The van der Waals surface area contributed by atoms with Crippen LogP contribution in [0.2, 0.25) is 0 Å². The number of hydrogen-bond donors (Lipinski definition) is 0. The average molecular weight is 264 g/mol. The average Bonchev–Trinajstić information content (AvgIpc) is 2.98. The molecule has 20 heavy (non-hydrogen) atoms. The molecule has 4 aromatic rings. The lowest BCUT2D eigenvalue weighted by Crippen LogP contribution is -1.99. The smallest absolute Gasteiger partial charge is 0.179 e. The molecule has 0 amide bonds. The molecule has 98 valence electrons. The maximum absolute atomic E-state index is 4.58. The molecule has 0 aliphatic heterocycles. The van der Waals surface area contributed by atoms with E-state index in [0.29, 0.717) is 0 Å². The second kappa shape index (κ2) is 3.86. The highest BCUT2D eigenvalue weighted by Crippen LogP contribution is 2.24. The lowest BCUT2D eigenvalue weighted by atomic mass is 10.4. The number of imidazole rings is 2. The van der Waals surface area contributed by atoms with Crippen LogP contribution < -0.4 is 0 Å². The zero-order valence-corrected chi connectivity index (χ0v) is 11.1. The van der Waals surface area contributed by atoms with Crippen LogP contribution in [0.5, 0.6) is 0 Å². The Kier molecular flexibility index (Phi) is 2.14. The third-order valence-electron chi connectivity index (χ3n) is 3.51. The van der Waals surface area contributed by atoms with E-state index in [-0.39, 0.29) is 0 Å². The summed E-state index contributed by atoms with van der Waals surface area (Å²) in [5.41, 5.74) is 3.43. The van der Waals surface area contributed by atoms with Crippen LogP contribution in [-0.2, 0) is 14.1 Å². The highest BCUT2D eigenvalue weighted by atomic mass is 15.2. The molecule has 6 heteroatoms. The van der Waals surface area contributed by atoms with E-state index in [0.717, 1.165) is 34.0 Å². The maximum Gasteiger partial charge on any atom is 0.179 e. The third kappa shape index (κ3) is 1.38. The molecule has 0 aromatic carbocycles. The Morgan fingerprint density at radius 3 is 1.60 bits per heavy atom. The van der Waals surface area contributed by atoms with Gasteiger partial charge in [-0.05, 0) is 24.3 Å². The predicted octanol–water partition coefficient (Wildman–Crippen LogP) is 1.92. The van der Waals surface area contributed by atoms with E-state index >= 15 is 0 Å². The molecule has 0 unspecified atom stereocenters. The van der Waals surface area contributed by atoms with Gasteiger partial charge in [0, 0.05) is 26.5 Å². The molecule has 0 aliphatic rings. The summed E-state index contributed by atoms with van der Waals surface area (Å²) in [4.78, 5) is 17.7. The van der Waals surface area contributed by atoms with Gasteiger partial charge in [-0.25, -0.2) is 19.9 Å². The first-order chi connectivity index (χ1) is 9.75. The minimum Gasteiger partial charge on any atom is -0.323 e. The maximum atomic E-state index is 4.58. The van der Waals surface area contributed by atoms with Crippen molar-refractivity contribution in [3.63, 3.8) is 0 Å². The SMILES string of the molecule is Cn1c(-c2nc3ncccc3n2C)nc2ncccc21. The minimum atomic E-state index is 0.727. The van der Waals surface area contributed by atoms with Gasteiger partial charge in [0.25, 0.3) is 0 Å². The first kappa shape index (κ1) is 11.1. The summed E-state index contributed by atoms with van der Waals surface area (Å²) in [6.45, 7) is 0. The Morgan fingerprint density at radius 2 is 1.20 bits per heavy atom. The largest absolute Gasteiger partial charge is 0.323 e. The second-order valence-corrected chi connectivity index (χ2v) is 4.68. The molecule has 4 heterocycles. The van der Waals surface area contributed by atoms with Crippen LogP contribution in [0.15, 0.2) is 36.7 Å². The summed E-state index contributed by atoms with van der Waals surface area (Å²) in [7, 11) is 3.94. The van der Waals surface area contributed by atoms with Crippen LogP contribution in [0, 0.1) is 0 Å². The lowest BCUT2D eigenvalue weighted by molar-refractivity contribution is 0.890. The molecule has 0 aliphatic carbocycles. The van der Waals surface area contributed by atoms with Gasteiger partial charge in [-0.2, -0.15) is 0 Å². The fraction of sp³-hybridized carbons (Fsp3) is 0.143. The van der Waals surface area contributed by atoms with Crippen molar-refractivity contribution in [2.45, 2.75) is 0 Å². The predicted molar refractivity (Wildman–Crippen MR) is 76.0 cm³/mol. The van der Waals surface area contributed by atoms with Gasteiger partial charge in [0.2, 0.25) is 0 Å². The summed E-state index contributed by atoms with van der Waals surface area (Å²) < 4.78 is 4.01. The molecule has 4 aromatic heterocycles. The van der Waals surface area contributed by atoms with Crippen LogP contribution in [0.3, 0.4) is 0 Å². The van der Waals surface area contributed by atoms with Crippen LogP contribution in [-0.4, -0.2) is 29.1 Å². The molecule has 4 rings (SSSR count). The molecular weight excluding hydrogens is 252 g/mol. The Hall–Kier alpha value is -2.76. The first-order valence-corrected chi connectivity index (χ1v) is 6.31. The van der Waals surface area contributed by atoms with Gasteiger partial charge >= 0.3 is 0 Å². The summed E-state index contributed by atoms with van der Waals surface area (Å²) >= 11 is 0. The summed E-state index contributed by atoms with van der Waals surface area (Å²) in [5.74, 6) is 1.58. The molecule has 0 radical (unpaired) electrons. The van der Waals surface area contributed by atoms with Gasteiger partial charge in [-0.3, -0.25) is 0 Å². The Labute approximate surface area is 114 Å². The number of aromatic nitrogens is 6. The van der Waals surface area contributed by atoms with Crippen molar-refractivity contribution >= 4 is 22.3 Å². The fourth-order valence-corrected chi connectivity index (χ4v) is 2.45. The van der Waals surface area contributed by atoms with Gasteiger partial charge in [0.05, 0.1) is 11.0 Å². The number of rotatable bonds is 1. The quantitative estimate of drug-likeness (QED) is 0.527. The summed E-state index contributed by atoms with van der Waals surface area (Å²) in [6, 6.07) is 7.81. The van der Waals surface area contributed by atoms with E-state index in [2.05, 4.69) is 19.9 Å². The van der Waals surface area contributed by atoms with Crippen LogP contribution in [0.25, 0.3) is 34.0 Å². The van der Waals surface area contributed by atoms with Gasteiger partial charge in [0.1, 0.15) is 0 Å². The molecular formula is C14H12N6. The second-order valence-electron chi connectivity index (χ2n) is 4.68. The molecule has 0 N–H and O–H groups in total. The topological polar surface area (TPSA) is 61.4 Å². The van der Waals surface area contributed by atoms with Gasteiger partial charge in [0.15, 0.2) is 22.9 Å². The van der Waals surface area contributed by atoms with Crippen molar-refractivity contribution in [3.8, 4) is 11.6 Å². The van der Waals surface area contributed by atoms with Crippen molar-refractivity contribution < 1.29 is 0 Å². The standard InChI is InChI=1S/C14H12N6/c1-19-9-5-3-7-15-11(9)17-13(19)14-18-12-10(20(14)2)6-4-8-16-12/h3-8H,1-2H3. The molecule has 0 fully saturated rings. The molecule has 0 bridgehead atoms. The van der Waals surface area contributed by atoms with Crippen LogP contribution in [0.4, 0.5) is 0 Å². The molecule has 0 atom stereocenters. The zero-order chi connectivity index (χ0) is 13.7. The van der Waals surface area contributed by atoms with Crippen molar-refractivity contribution in [2.75, 3.05) is 0 Å². The number of nitrogens with zero attached hydrogens (tertiary/aromatic N) is 6. The summed E-state index contributed by atoms with van der Waals surface area (Å²) in [5, 5.41) is 0. The van der Waals surface area contributed by atoms with Crippen molar-refractivity contribution in [1.82, 2.24) is 29.1 Å². The lowest BCUT2D eigenvalue weighted by Gasteiger charge is -2.02. The number of aryl methyl sites for hydroxylation is 2. The van der Waals surface area contributed by atoms with Crippen molar-refractivity contribution in [3.05, 3.63) is 36.7 Å².